The van der Waals surface area contributed by atoms with Crippen molar-refractivity contribution in [1.29, 1.82) is 0 Å². The van der Waals surface area contributed by atoms with Crippen molar-refractivity contribution in [2.75, 3.05) is 13.1 Å². The van der Waals surface area contributed by atoms with Crippen LogP contribution in [-0.4, -0.2) is 35.0 Å². The third-order valence-corrected chi connectivity index (χ3v) is 3.32. The van der Waals surface area contributed by atoms with Gasteiger partial charge in [0.05, 0.1) is 5.69 Å². The largest absolute Gasteiger partial charge is 0.351 e. The predicted molar refractivity (Wildman–Crippen MR) is 70.0 cm³/mol. The first-order valence-corrected chi connectivity index (χ1v) is 6.35. The zero-order valence-corrected chi connectivity index (χ0v) is 10.7. The van der Waals surface area contributed by atoms with Crippen molar-refractivity contribution >= 4 is 6.03 Å². The lowest BCUT2D eigenvalue weighted by molar-refractivity contribution is 0.185. The first-order chi connectivity index (χ1) is 8.65. The second-order valence-electron chi connectivity index (χ2n) is 4.75. The summed E-state index contributed by atoms with van der Waals surface area (Å²) in [7, 11) is 0. The molecule has 1 aliphatic heterocycles. The van der Waals surface area contributed by atoms with Gasteiger partial charge >= 0.3 is 6.03 Å². The molecule has 0 bridgehead atoms. The molecule has 1 saturated heterocycles. The fraction of sp³-hybridized carbons (Fsp3) is 0.538. The van der Waals surface area contributed by atoms with Crippen molar-refractivity contribution in [3.8, 4) is 0 Å². The summed E-state index contributed by atoms with van der Waals surface area (Å²) in [6.07, 6.45) is 1.91. The van der Waals surface area contributed by atoms with Crippen LogP contribution in [0.5, 0.6) is 0 Å². The Morgan fingerprint density at radius 2 is 2.22 bits per heavy atom. The number of carbonyl (C=O) groups is 1. The lowest BCUT2D eigenvalue weighted by atomic mass is 10.1. The predicted octanol–water partition coefficient (Wildman–Crippen LogP) is 1.02. The monoisotopic (exact) mass is 248 g/mol. The number of rotatable bonds is 3. The van der Waals surface area contributed by atoms with Gasteiger partial charge in [-0.2, -0.15) is 0 Å². The maximum Gasteiger partial charge on any atom is 0.314 e. The van der Waals surface area contributed by atoms with Gasteiger partial charge in [0, 0.05) is 31.4 Å². The highest BCUT2D eigenvalue weighted by atomic mass is 16.2. The van der Waals surface area contributed by atoms with Crippen molar-refractivity contribution in [1.82, 2.24) is 15.2 Å². The molecule has 0 atom stereocenters. The van der Waals surface area contributed by atoms with E-state index < -0.39 is 0 Å². The molecule has 2 rings (SSSR count). The maximum absolute atomic E-state index is 11.0. The van der Waals surface area contributed by atoms with Gasteiger partial charge in [0.25, 0.3) is 0 Å². The lowest BCUT2D eigenvalue weighted by Gasteiger charge is -2.31. The molecule has 5 heteroatoms. The van der Waals surface area contributed by atoms with E-state index in [2.05, 4.69) is 10.3 Å². The van der Waals surface area contributed by atoms with Crippen LogP contribution in [0.2, 0.25) is 0 Å². The number of urea groups is 1. The van der Waals surface area contributed by atoms with E-state index in [1.165, 1.54) is 0 Å². The number of nitrogens with zero attached hydrogens (tertiary/aromatic N) is 2. The van der Waals surface area contributed by atoms with Gasteiger partial charge in [-0.15, -0.1) is 0 Å². The Bertz CT molecular complexity index is 413. The number of amides is 2. The molecule has 0 unspecified atom stereocenters. The summed E-state index contributed by atoms with van der Waals surface area (Å²) in [5.74, 6) is 0. The Morgan fingerprint density at radius 1 is 1.50 bits per heavy atom. The zero-order valence-electron chi connectivity index (χ0n) is 10.7. The van der Waals surface area contributed by atoms with Crippen molar-refractivity contribution in [3.63, 3.8) is 0 Å². The normalized spacial score (nSPS) is 16.8. The molecule has 0 saturated carbocycles. The third-order valence-electron chi connectivity index (χ3n) is 3.32. The number of aromatic nitrogens is 1. The van der Waals surface area contributed by atoms with Gasteiger partial charge in [0.2, 0.25) is 0 Å². The molecule has 2 amide bonds. The van der Waals surface area contributed by atoms with Crippen LogP contribution < -0.4 is 11.1 Å². The molecule has 18 heavy (non-hydrogen) atoms. The molecule has 1 fully saturated rings. The van der Waals surface area contributed by atoms with Crippen molar-refractivity contribution in [2.45, 2.75) is 32.4 Å². The number of primary amides is 1. The van der Waals surface area contributed by atoms with Gasteiger partial charge in [-0.3, -0.25) is 4.98 Å². The topological polar surface area (TPSA) is 71.2 Å². The Labute approximate surface area is 107 Å². The molecular formula is C13H20N4O. The SMILES string of the molecule is Cc1cccc(CNC2CCN(C(N)=O)CC2)n1. The number of nitrogens with one attached hydrogen (secondary N) is 1. The van der Waals surface area contributed by atoms with Crippen molar-refractivity contribution < 1.29 is 4.79 Å². The average Bonchev–Trinajstić information content (AvgIpc) is 2.37. The minimum Gasteiger partial charge on any atom is -0.351 e. The highest BCUT2D eigenvalue weighted by Crippen LogP contribution is 2.10. The highest BCUT2D eigenvalue weighted by molar-refractivity contribution is 5.72. The number of hydrogen-bond acceptors (Lipinski definition) is 3. The number of carbonyl (C=O) groups excluding carboxylic acids is 1. The molecular weight excluding hydrogens is 228 g/mol. The van der Waals surface area contributed by atoms with Crippen LogP contribution in [0.25, 0.3) is 0 Å². The van der Waals surface area contributed by atoms with E-state index >= 15 is 0 Å². The summed E-state index contributed by atoms with van der Waals surface area (Å²) in [6, 6.07) is 6.18. The van der Waals surface area contributed by atoms with Gasteiger partial charge < -0.3 is 16.0 Å². The quantitative estimate of drug-likeness (QED) is 0.839. The van der Waals surface area contributed by atoms with E-state index in [1.54, 1.807) is 4.90 Å². The standard InChI is InChI=1S/C13H20N4O/c1-10-3-2-4-12(16-10)9-15-11-5-7-17(8-6-11)13(14)18/h2-4,11,15H,5-9H2,1H3,(H2,14,18). The summed E-state index contributed by atoms with van der Waals surface area (Å²) in [6.45, 7) is 4.26. The molecule has 0 aromatic carbocycles. The number of nitrogens with two attached hydrogens (primary N) is 1. The first-order valence-electron chi connectivity index (χ1n) is 6.35. The first kappa shape index (κ1) is 12.8. The number of likely N-dealkylation sites (tertiary alicyclic amines) is 1. The highest BCUT2D eigenvalue weighted by Gasteiger charge is 2.20. The second-order valence-corrected chi connectivity index (χ2v) is 4.75. The summed E-state index contributed by atoms with van der Waals surface area (Å²) in [5.41, 5.74) is 7.35. The summed E-state index contributed by atoms with van der Waals surface area (Å²) in [5, 5.41) is 3.48. The number of piperidine rings is 1. The van der Waals surface area contributed by atoms with Crippen LogP contribution in [0.3, 0.4) is 0 Å². The van der Waals surface area contributed by atoms with Gasteiger partial charge in [0.1, 0.15) is 0 Å². The molecule has 1 aromatic heterocycles. The lowest BCUT2D eigenvalue weighted by Crippen LogP contribution is -2.46. The third kappa shape index (κ3) is 3.43. The van der Waals surface area contributed by atoms with Crippen molar-refractivity contribution in [2.24, 2.45) is 5.73 Å². The van der Waals surface area contributed by atoms with Crippen LogP contribution >= 0.6 is 0 Å². The minimum absolute atomic E-state index is 0.311. The molecule has 98 valence electrons. The number of hydrogen-bond donors (Lipinski definition) is 2. The summed E-state index contributed by atoms with van der Waals surface area (Å²) >= 11 is 0. The fourth-order valence-corrected chi connectivity index (χ4v) is 2.25. The Hall–Kier alpha value is -1.62. The van der Waals surface area contributed by atoms with Crippen LogP contribution in [-0.2, 0) is 6.54 Å². The van der Waals surface area contributed by atoms with E-state index in [-0.39, 0.29) is 6.03 Å². The molecule has 3 N–H and O–H groups in total. The summed E-state index contributed by atoms with van der Waals surface area (Å²) < 4.78 is 0. The molecule has 2 heterocycles. The molecule has 0 radical (unpaired) electrons. The van der Waals surface area contributed by atoms with Crippen LogP contribution in [0, 0.1) is 6.92 Å². The van der Waals surface area contributed by atoms with E-state index in [1.807, 2.05) is 25.1 Å². The number of pyridine rings is 1. The Morgan fingerprint density at radius 3 is 2.83 bits per heavy atom. The van der Waals surface area contributed by atoms with E-state index in [9.17, 15) is 4.79 Å². The minimum atomic E-state index is -0.311. The van der Waals surface area contributed by atoms with Gasteiger partial charge in [0.15, 0.2) is 0 Å². The van der Waals surface area contributed by atoms with Gasteiger partial charge in [-0.05, 0) is 31.9 Å². The number of aryl methyl sites for hydroxylation is 1. The molecule has 1 aliphatic rings. The smallest absolute Gasteiger partial charge is 0.314 e. The van der Waals surface area contributed by atoms with Crippen LogP contribution in [0.15, 0.2) is 18.2 Å². The van der Waals surface area contributed by atoms with E-state index in [4.69, 9.17) is 5.73 Å². The molecule has 0 aliphatic carbocycles. The summed E-state index contributed by atoms with van der Waals surface area (Å²) in [4.78, 5) is 17.1. The second kappa shape index (κ2) is 5.82. The zero-order chi connectivity index (χ0) is 13.0. The Balaban J connectivity index is 1.77. The van der Waals surface area contributed by atoms with Crippen molar-refractivity contribution in [3.05, 3.63) is 29.6 Å². The van der Waals surface area contributed by atoms with Gasteiger partial charge in [-0.1, -0.05) is 6.07 Å². The fourth-order valence-electron chi connectivity index (χ4n) is 2.25. The molecule has 0 spiro atoms. The van der Waals surface area contributed by atoms with Crippen LogP contribution in [0.1, 0.15) is 24.2 Å². The average molecular weight is 248 g/mol. The maximum atomic E-state index is 11.0. The van der Waals surface area contributed by atoms with E-state index in [0.717, 1.165) is 43.9 Å². The molecule has 1 aromatic rings. The van der Waals surface area contributed by atoms with Crippen LogP contribution in [0.4, 0.5) is 4.79 Å². The van der Waals surface area contributed by atoms with Gasteiger partial charge in [-0.25, -0.2) is 4.79 Å². The molecule has 5 nitrogen and oxygen atoms in total. The van der Waals surface area contributed by atoms with E-state index in [0.29, 0.717) is 6.04 Å². The Kier molecular flexibility index (Phi) is 4.15.